The average molecular weight is 269 g/mol. The topological polar surface area (TPSA) is 79.1 Å². The molecule has 0 bridgehead atoms. The molecule has 1 aromatic carbocycles. The van der Waals surface area contributed by atoms with Gasteiger partial charge >= 0.3 is 5.97 Å². The molecular weight excluding hydrogens is 260 g/mol. The summed E-state index contributed by atoms with van der Waals surface area (Å²) in [5.74, 6) is -1.04. The molecular formula is C10H9BrN2O2. The van der Waals surface area contributed by atoms with Crippen LogP contribution < -0.4 is 5.73 Å². The molecule has 15 heavy (non-hydrogen) atoms. The van der Waals surface area contributed by atoms with E-state index >= 15 is 0 Å². The number of hydrogen-bond acceptors (Lipinski definition) is 2. The van der Waals surface area contributed by atoms with E-state index in [0.29, 0.717) is 5.69 Å². The first-order valence-electron chi connectivity index (χ1n) is 4.34. The third-order valence-electron chi connectivity index (χ3n) is 2.20. The molecule has 0 amide bonds. The van der Waals surface area contributed by atoms with Crippen molar-refractivity contribution in [2.24, 2.45) is 5.73 Å². The smallest absolute Gasteiger partial charge is 0.326 e. The summed E-state index contributed by atoms with van der Waals surface area (Å²) in [5, 5.41) is 9.70. The molecule has 0 radical (unpaired) electrons. The van der Waals surface area contributed by atoms with Crippen molar-refractivity contribution in [3.8, 4) is 0 Å². The second kappa shape index (κ2) is 3.67. The van der Waals surface area contributed by atoms with Gasteiger partial charge in [0, 0.05) is 21.1 Å². The predicted octanol–water partition coefficient (Wildman–Crippen LogP) is 2.01. The third kappa shape index (κ3) is 1.88. The molecule has 0 aliphatic carbocycles. The molecule has 0 spiro atoms. The van der Waals surface area contributed by atoms with Gasteiger partial charge in [0.15, 0.2) is 0 Å². The first-order chi connectivity index (χ1) is 7.08. The molecule has 4 N–H and O–H groups in total. The lowest BCUT2D eigenvalue weighted by Crippen LogP contribution is -2.20. The highest BCUT2D eigenvalue weighted by Gasteiger charge is 2.16. The Labute approximate surface area is 94.2 Å². The molecule has 0 aliphatic rings. The summed E-state index contributed by atoms with van der Waals surface area (Å²) in [4.78, 5) is 13.7. The number of nitrogens with one attached hydrogen (secondary N) is 1. The number of H-pyrrole nitrogens is 1. The molecule has 4 nitrogen and oxygen atoms in total. The van der Waals surface area contributed by atoms with Crippen LogP contribution >= 0.6 is 15.9 Å². The minimum Gasteiger partial charge on any atom is -0.480 e. The van der Waals surface area contributed by atoms with Crippen molar-refractivity contribution in [2.75, 3.05) is 0 Å². The quantitative estimate of drug-likeness (QED) is 0.780. The van der Waals surface area contributed by atoms with Crippen molar-refractivity contribution in [2.45, 2.75) is 6.04 Å². The zero-order valence-corrected chi connectivity index (χ0v) is 9.28. The molecule has 2 rings (SSSR count). The van der Waals surface area contributed by atoms with Crippen molar-refractivity contribution in [1.29, 1.82) is 0 Å². The molecule has 78 valence electrons. The van der Waals surface area contributed by atoms with Gasteiger partial charge in [0.2, 0.25) is 0 Å². The molecule has 2 aromatic rings. The second-order valence-corrected chi connectivity index (χ2v) is 4.19. The van der Waals surface area contributed by atoms with Crippen LogP contribution in [0.2, 0.25) is 0 Å². The molecule has 1 aromatic heterocycles. The lowest BCUT2D eigenvalue weighted by molar-refractivity contribution is -0.138. The van der Waals surface area contributed by atoms with E-state index in [-0.39, 0.29) is 0 Å². The fourth-order valence-electron chi connectivity index (χ4n) is 1.43. The summed E-state index contributed by atoms with van der Waals surface area (Å²) in [7, 11) is 0. The molecule has 1 heterocycles. The highest BCUT2D eigenvalue weighted by Crippen LogP contribution is 2.22. The van der Waals surface area contributed by atoms with Crippen LogP contribution in [0.15, 0.2) is 28.7 Å². The van der Waals surface area contributed by atoms with Gasteiger partial charge in [-0.2, -0.15) is 0 Å². The zero-order chi connectivity index (χ0) is 11.0. The fourth-order valence-corrected chi connectivity index (χ4v) is 1.81. The van der Waals surface area contributed by atoms with Crippen LogP contribution in [0, 0.1) is 0 Å². The third-order valence-corrected chi connectivity index (χ3v) is 2.70. The number of nitrogens with two attached hydrogens (primary N) is 1. The van der Waals surface area contributed by atoms with Crippen molar-refractivity contribution < 1.29 is 9.90 Å². The van der Waals surface area contributed by atoms with E-state index in [1.165, 1.54) is 0 Å². The van der Waals surface area contributed by atoms with Crippen molar-refractivity contribution >= 4 is 32.8 Å². The number of rotatable bonds is 2. The van der Waals surface area contributed by atoms with Gasteiger partial charge in [0.05, 0.1) is 0 Å². The Balaban J connectivity index is 2.51. The van der Waals surface area contributed by atoms with Gasteiger partial charge in [-0.3, -0.25) is 4.79 Å². The molecule has 0 aliphatic heterocycles. The largest absolute Gasteiger partial charge is 0.480 e. The first-order valence-corrected chi connectivity index (χ1v) is 5.14. The predicted molar refractivity (Wildman–Crippen MR) is 60.6 cm³/mol. The number of fused-ring (bicyclic) bond motifs is 1. The summed E-state index contributed by atoms with van der Waals surface area (Å²) in [6, 6.07) is 6.41. The molecule has 1 atom stereocenters. The molecule has 0 saturated heterocycles. The molecule has 0 fully saturated rings. The number of halogens is 1. The minimum atomic E-state index is -1.04. The van der Waals surface area contributed by atoms with E-state index in [4.69, 9.17) is 10.8 Å². The minimum absolute atomic E-state index is 0.510. The Kier molecular flexibility index (Phi) is 2.50. The molecule has 5 heteroatoms. The Morgan fingerprint density at radius 3 is 2.87 bits per heavy atom. The van der Waals surface area contributed by atoms with Crippen molar-refractivity contribution in [1.82, 2.24) is 4.98 Å². The van der Waals surface area contributed by atoms with Crippen LogP contribution in [0.1, 0.15) is 11.7 Å². The maximum atomic E-state index is 10.7. The van der Waals surface area contributed by atoms with Crippen molar-refractivity contribution in [3.63, 3.8) is 0 Å². The zero-order valence-electron chi connectivity index (χ0n) is 7.70. The summed E-state index contributed by atoms with van der Waals surface area (Å²) in [6.07, 6.45) is 0. The second-order valence-electron chi connectivity index (χ2n) is 3.27. The Bertz CT molecular complexity index is 521. The summed E-state index contributed by atoms with van der Waals surface area (Å²) in [6.45, 7) is 0. The average Bonchev–Trinajstić information content (AvgIpc) is 2.58. The van der Waals surface area contributed by atoms with Gasteiger partial charge in [-0.1, -0.05) is 15.9 Å². The monoisotopic (exact) mass is 268 g/mol. The number of aliphatic carboxylic acids is 1. The van der Waals surface area contributed by atoms with Gasteiger partial charge in [0.1, 0.15) is 6.04 Å². The first kappa shape index (κ1) is 10.2. The van der Waals surface area contributed by atoms with Gasteiger partial charge in [-0.05, 0) is 24.3 Å². The van der Waals surface area contributed by atoms with Crippen LogP contribution in [0.25, 0.3) is 10.9 Å². The summed E-state index contributed by atoms with van der Waals surface area (Å²) < 4.78 is 0.949. The van der Waals surface area contributed by atoms with Crippen LogP contribution in [-0.4, -0.2) is 16.1 Å². The number of aromatic nitrogens is 1. The Hall–Kier alpha value is -1.33. The fraction of sp³-hybridized carbons (Fsp3) is 0.100. The van der Waals surface area contributed by atoms with Crippen LogP contribution in [0.5, 0.6) is 0 Å². The number of carboxylic acids is 1. The standard InChI is InChI=1S/C10H9BrN2O2/c11-6-1-2-7-5(3-6)4-8(13-7)9(12)10(14)15/h1-4,9,13H,12H2,(H,14,15). The highest BCUT2D eigenvalue weighted by molar-refractivity contribution is 9.10. The van der Waals surface area contributed by atoms with E-state index in [2.05, 4.69) is 20.9 Å². The van der Waals surface area contributed by atoms with Gasteiger partial charge in [-0.25, -0.2) is 0 Å². The van der Waals surface area contributed by atoms with E-state index in [1.54, 1.807) is 6.07 Å². The van der Waals surface area contributed by atoms with Gasteiger partial charge < -0.3 is 15.8 Å². The summed E-state index contributed by atoms with van der Waals surface area (Å²) >= 11 is 3.35. The SMILES string of the molecule is NC(C(=O)O)c1cc2cc(Br)ccc2[nH]1. The summed E-state index contributed by atoms with van der Waals surface area (Å²) in [5.41, 5.74) is 6.89. The van der Waals surface area contributed by atoms with E-state index in [9.17, 15) is 4.79 Å². The number of hydrogen-bond donors (Lipinski definition) is 3. The maximum Gasteiger partial charge on any atom is 0.326 e. The van der Waals surface area contributed by atoms with Crippen LogP contribution in [0.4, 0.5) is 0 Å². The van der Waals surface area contributed by atoms with Crippen LogP contribution in [0.3, 0.4) is 0 Å². The van der Waals surface area contributed by atoms with E-state index in [0.717, 1.165) is 15.4 Å². The number of carbonyl (C=O) groups is 1. The lowest BCUT2D eigenvalue weighted by Gasteiger charge is -2.01. The van der Waals surface area contributed by atoms with Crippen LogP contribution in [-0.2, 0) is 4.79 Å². The van der Waals surface area contributed by atoms with Gasteiger partial charge in [-0.15, -0.1) is 0 Å². The maximum absolute atomic E-state index is 10.7. The van der Waals surface area contributed by atoms with Gasteiger partial charge in [0.25, 0.3) is 0 Å². The molecule has 0 saturated carbocycles. The number of aromatic amines is 1. The normalized spacial score (nSPS) is 12.9. The lowest BCUT2D eigenvalue weighted by atomic mass is 10.2. The Morgan fingerprint density at radius 2 is 2.20 bits per heavy atom. The van der Waals surface area contributed by atoms with E-state index < -0.39 is 12.0 Å². The number of benzene rings is 1. The molecule has 1 unspecified atom stereocenters. The Morgan fingerprint density at radius 1 is 1.47 bits per heavy atom. The van der Waals surface area contributed by atoms with E-state index in [1.807, 2.05) is 18.2 Å². The highest BCUT2D eigenvalue weighted by atomic mass is 79.9. The van der Waals surface area contributed by atoms with Crippen molar-refractivity contribution in [3.05, 3.63) is 34.4 Å². The number of carboxylic acid groups (broad SMARTS) is 1.